The summed E-state index contributed by atoms with van der Waals surface area (Å²) in [6.07, 6.45) is 0. The third-order valence-corrected chi connectivity index (χ3v) is 14.7. The van der Waals surface area contributed by atoms with Crippen LogP contribution in [0.2, 0.25) is 0 Å². The number of benzene rings is 10. The molecular weight excluding hydrogens is 807 g/mol. The Labute approximate surface area is 395 Å². The highest BCUT2D eigenvalue weighted by Crippen LogP contribution is 2.54. The van der Waals surface area contributed by atoms with E-state index in [1.54, 1.807) is 0 Å². The summed E-state index contributed by atoms with van der Waals surface area (Å²) in [5.74, 6) is 0. The molecule has 0 aliphatic heterocycles. The smallest absolute Gasteiger partial charge is 0.0546 e. The number of rotatable bonds is 8. The lowest BCUT2D eigenvalue weighted by atomic mass is 9.81. The molecule has 0 saturated heterocycles. The van der Waals surface area contributed by atoms with Crippen molar-refractivity contribution in [2.24, 2.45) is 0 Å². The van der Waals surface area contributed by atoms with E-state index < -0.39 is 0 Å². The van der Waals surface area contributed by atoms with Crippen LogP contribution in [0, 0.1) is 0 Å². The van der Waals surface area contributed by atoms with Crippen molar-refractivity contribution in [3.63, 3.8) is 0 Å². The van der Waals surface area contributed by atoms with E-state index in [1.165, 1.54) is 100 Å². The molecule has 0 aromatic heterocycles. The van der Waals surface area contributed by atoms with Crippen LogP contribution in [0.3, 0.4) is 0 Å². The molecule has 0 N–H and O–H groups in total. The average molecular weight is 858 g/mol. The number of nitrogens with zero attached hydrogens (tertiary/aromatic N) is 1. The van der Waals surface area contributed by atoms with E-state index >= 15 is 0 Å². The highest BCUT2D eigenvalue weighted by Gasteiger charge is 2.37. The first-order valence-electron chi connectivity index (χ1n) is 23.6. The van der Waals surface area contributed by atoms with Crippen LogP contribution in [0.1, 0.15) is 49.9 Å². The molecule has 0 atom stereocenters. The van der Waals surface area contributed by atoms with Gasteiger partial charge in [-0.05, 0) is 137 Å². The molecule has 0 fully saturated rings. The van der Waals surface area contributed by atoms with Gasteiger partial charge in [-0.15, -0.1) is 0 Å². The van der Waals surface area contributed by atoms with Gasteiger partial charge in [-0.25, -0.2) is 0 Å². The van der Waals surface area contributed by atoms with E-state index in [0.29, 0.717) is 0 Å². The lowest BCUT2D eigenvalue weighted by molar-refractivity contribution is 0.660. The van der Waals surface area contributed by atoms with Crippen molar-refractivity contribution in [3.05, 3.63) is 259 Å². The van der Waals surface area contributed by atoms with Crippen molar-refractivity contribution < 1.29 is 0 Å². The zero-order chi connectivity index (χ0) is 45.3. The van der Waals surface area contributed by atoms with Crippen LogP contribution in [0.25, 0.3) is 77.9 Å². The van der Waals surface area contributed by atoms with Crippen molar-refractivity contribution in [1.29, 1.82) is 0 Å². The quantitative estimate of drug-likeness (QED) is 0.147. The largest absolute Gasteiger partial charge is 0.310 e. The predicted molar refractivity (Wildman–Crippen MR) is 283 cm³/mol. The molecule has 0 saturated carbocycles. The van der Waals surface area contributed by atoms with Gasteiger partial charge in [0.05, 0.1) is 5.69 Å². The second-order valence-corrected chi connectivity index (χ2v) is 19.3. The van der Waals surface area contributed by atoms with E-state index in [0.717, 1.165) is 17.1 Å². The maximum absolute atomic E-state index is 2.50. The van der Waals surface area contributed by atoms with Crippen molar-refractivity contribution in [2.45, 2.75) is 38.5 Å². The zero-order valence-corrected chi connectivity index (χ0v) is 38.5. The maximum atomic E-state index is 2.50. The van der Waals surface area contributed by atoms with Crippen LogP contribution in [-0.2, 0) is 10.8 Å². The minimum absolute atomic E-state index is 0.104. The summed E-state index contributed by atoms with van der Waals surface area (Å²) in [4.78, 5) is 2.50. The first-order valence-corrected chi connectivity index (χ1v) is 23.6. The van der Waals surface area contributed by atoms with Gasteiger partial charge in [0.2, 0.25) is 0 Å². The zero-order valence-electron chi connectivity index (χ0n) is 38.5. The topological polar surface area (TPSA) is 3.24 Å². The summed E-state index contributed by atoms with van der Waals surface area (Å²) in [6, 6.07) is 87.7. The fourth-order valence-electron chi connectivity index (χ4n) is 11.3. The molecule has 12 rings (SSSR count). The molecule has 320 valence electrons. The third-order valence-electron chi connectivity index (χ3n) is 14.7. The van der Waals surface area contributed by atoms with Crippen LogP contribution < -0.4 is 4.90 Å². The fourth-order valence-corrected chi connectivity index (χ4v) is 11.3. The molecule has 0 bridgehead atoms. The molecule has 1 heteroatoms. The van der Waals surface area contributed by atoms with Gasteiger partial charge in [0, 0.05) is 27.8 Å². The molecule has 10 aromatic rings. The lowest BCUT2D eigenvalue weighted by Gasteiger charge is -2.30. The molecule has 67 heavy (non-hydrogen) atoms. The lowest BCUT2D eigenvalue weighted by Crippen LogP contribution is -2.16. The SMILES string of the molecule is CC1(C)c2ccccc2-c2cc(N(c3ccc(-c4ccccc4-c4ccccc4)cc3)c3cccc(-c4ccc5c(c4)C(C)(C)c4ccccc4-5)c3-c3cccc(-c4ccccc4)c3)ccc21. The molecule has 0 spiro atoms. The van der Waals surface area contributed by atoms with Gasteiger partial charge in [-0.1, -0.05) is 222 Å². The second kappa shape index (κ2) is 15.9. The molecule has 2 aliphatic carbocycles. The molecule has 0 amide bonds. The predicted octanol–water partition coefficient (Wildman–Crippen LogP) is 18.1. The Morgan fingerprint density at radius 1 is 0.254 bits per heavy atom. The number of hydrogen-bond donors (Lipinski definition) is 0. The average Bonchev–Trinajstić information content (AvgIpc) is 3.76. The summed E-state index contributed by atoms with van der Waals surface area (Å²) in [5, 5.41) is 0. The highest BCUT2D eigenvalue weighted by atomic mass is 15.1. The van der Waals surface area contributed by atoms with Gasteiger partial charge in [0.1, 0.15) is 0 Å². The summed E-state index contributed by atoms with van der Waals surface area (Å²) in [6.45, 7) is 9.47. The van der Waals surface area contributed by atoms with Crippen LogP contribution in [0.15, 0.2) is 237 Å². The molecule has 10 aromatic carbocycles. The van der Waals surface area contributed by atoms with E-state index in [4.69, 9.17) is 0 Å². The van der Waals surface area contributed by atoms with Gasteiger partial charge >= 0.3 is 0 Å². The minimum atomic E-state index is -0.131. The Morgan fingerprint density at radius 3 is 1.40 bits per heavy atom. The Bertz CT molecular complexity index is 3500. The first-order chi connectivity index (χ1) is 32.8. The van der Waals surface area contributed by atoms with Gasteiger partial charge in [0.25, 0.3) is 0 Å². The number of hydrogen-bond acceptors (Lipinski definition) is 1. The first kappa shape index (κ1) is 40.5. The minimum Gasteiger partial charge on any atom is -0.310 e. The Morgan fingerprint density at radius 2 is 0.716 bits per heavy atom. The molecule has 0 radical (unpaired) electrons. The number of fused-ring (bicyclic) bond motifs is 6. The standard InChI is InChI=1S/C66H51N/c1-65(2)60-31-16-14-28-56(60)58-43-51(38-40-61(58)65)67(50-36-33-46(34-37-50)53-26-12-11-25-52(53)45-21-9-6-10-22-45)63-32-18-29-54(64(63)49-24-17-23-47(41-49)44-19-7-5-8-20-44)48-35-39-57-55-27-13-15-30-59(55)66(3,4)62(57)42-48/h5-43H,1-4H3. The van der Waals surface area contributed by atoms with Gasteiger partial charge < -0.3 is 4.90 Å². The normalized spacial score (nSPS) is 13.6. The van der Waals surface area contributed by atoms with Gasteiger partial charge in [-0.2, -0.15) is 0 Å². The van der Waals surface area contributed by atoms with E-state index in [1.807, 2.05) is 0 Å². The van der Waals surface area contributed by atoms with Crippen molar-refractivity contribution in [2.75, 3.05) is 4.90 Å². The Hall–Kier alpha value is -8.00. The van der Waals surface area contributed by atoms with Crippen molar-refractivity contribution >= 4 is 17.1 Å². The van der Waals surface area contributed by atoms with Crippen LogP contribution in [0.5, 0.6) is 0 Å². The van der Waals surface area contributed by atoms with Crippen LogP contribution in [-0.4, -0.2) is 0 Å². The molecule has 1 nitrogen and oxygen atoms in total. The Balaban J connectivity index is 1.10. The monoisotopic (exact) mass is 857 g/mol. The number of anilines is 3. The van der Waals surface area contributed by atoms with Crippen molar-refractivity contribution in [1.82, 2.24) is 0 Å². The van der Waals surface area contributed by atoms with Gasteiger partial charge in [-0.3, -0.25) is 0 Å². The van der Waals surface area contributed by atoms with E-state index in [-0.39, 0.29) is 10.8 Å². The van der Waals surface area contributed by atoms with Crippen molar-refractivity contribution in [3.8, 4) is 77.9 Å². The van der Waals surface area contributed by atoms with E-state index in [2.05, 4.69) is 269 Å². The fraction of sp³-hybridized carbons (Fsp3) is 0.0909. The Kier molecular flexibility index (Phi) is 9.59. The summed E-state index contributed by atoms with van der Waals surface area (Å²) in [7, 11) is 0. The van der Waals surface area contributed by atoms with Crippen LogP contribution in [0.4, 0.5) is 17.1 Å². The second-order valence-electron chi connectivity index (χ2n) is 19.3. The van der Waals surface area contributed by atoms with Crippen LogP contribution >= 0.6 is 0 Å². The highest BCUT2D eigenvalue weighted by molar-refractivity contribution is 5.99. The summed E-state index contributed by atoms with van der Waals surface area (Å²) in [5.41, 5.74) is 25.8. The van der Waals surface area contributed by atoms with Gasteiger partial charge in [0.15, 0.2) is 0 Å². The molecule has 2 aliphatic rings. The maximum Gasteiger partial charge on any atom is 0.0546 e. The molecule has 0 heterocycles. The molecular formula is C66H51N. The van der Waals surface area contributed by atoms with E-state index in [9.17, 15) is 0 Å². The third kappa shape index (κ3) is 6.68. The molecule has 0 unspecified atom stereocenters. The summed E-state index contributed by atoms with van der Waals surface area (Å²) >= 11 is 0. The summed E-state index contributed by atoms with van der Waals surface area (Å²) < 4.78 is 0.